The number of hydrogen-bond donors (Lipinski definition) is 2. The number of rotatable bonds is 8. The number of carbonyl (C=O) groups excluding carboxylic acids is 3. The summed E-state index contributed by atoms with van der Waals surface area (Å²) in [6, 6.07) is 4.27. The minimum Gasteiger partial charge on any atom is -0.454 e. The molecule has 0 bridgehead atoms. The lowest BCUT2D eigenvalue weighted by Gasteiger charge is -2.36. The Bertz CT molecular complexity index is 833. The molecule has 9 heteroatoms. The highest BCUT2D eigenvalue weighted by Crippen LogP contribution is 2.34. The fourth-order valence-corrected chi connectivity index (χ4v) is 4.09. The molecule has 1 aromatic rings. The van der Waals surface area contributed by atoms with Gasteiger partial charge in [-0.05, 0) is 49.8 Å². The number of carbonyl (C=O) groups is 3. The average Bonchev–Trinajstić information content (AvgIpc) is 3.53. The Hall–Kier alpha value is -2.81. The molecule has 0 radical (unpaired) electrons. The van der Waals surface area contributed by atoms with Crippen molar-refractivity contribution in [1.29, 1.82) is 0 Å². The molecule has 1 aromatic carbocycles. The molecular weight excluding hydrogens is 402 g/mol. The maximum Gasteiger partial charge on any atom is 0.252 e. The Kier molecular flexibility index (Phi) is 6.60. The molecule has 31 heavy (non-hydrogen) atoms. The molecule has 0 aromatic heterocycles. The van der Waals surface area contributed by atoms with Gasteiger partial charge in [-0.2, -0.15) is 0 Å². The van der Waals surface area contributed by atoms with Gasteiger partial charge in [0, 0.05) is 38.2 Å². The van der Waals surface area contributed by atoms with Crippen LogP contribution in [0.1, 0.15) is 36.0 Å². The molecule has 0 unspecified atom stereocenters. The number of likely N-dealkylation sites (tertiary alicyclic amines) is 1. The summed E-state index contributed by atoms with van der Waals surface area (Å²) in [4.78, 5) is 40.1. The zero-order valence-corrected chi connectivity index (χ0v) is 17.7. The monoisotopic (exact) mass is 431 g/mol. The van der Waals surface area contributed by atoms with Crippen LogP contribution in [0.4, 0.5) is 0 Å². The van der Waals surface area contributed by atoms with Crippen LogP contribution in [0, 0.1) is 11.8 Å². The fraction of sp³-hybridized carbons (Fsp3) is 0.591. The van der Waals surface area contributed by atoms with Gasteiger partial charge in [0.15, 0.2) is 11.5 Å². The summed E-state index contributed by atoms with van der Waals surface area (Å²) in [6.07, 6.45) is 3.30. The van der Waals surface area contributed by atoms with E-state index in [0.29, 0.717) is 56.1 Å². The normalized spacial score (nSPS) is 19.1. The van der Waals surface area contributed by atoms with Crippen molar-refractivity contribution in [2.45, 2.75) is 31.7 Å². The first-order valence-corrected chi connectivity index (χ1v) is 10.8. The van der Waals surface area contributed by atoms with E-state index in [-0.39, 0.29) is 36.4 Å². The van der Waals surface area contributed by atoms with Crippen LogP contribution in [0.3, 0.4) is 0 Å². The minimum absolute atomic E-state index is 0.0521. The largest absolute Gasteiger partial charge is 0.454 e. The quantitative estimate of drug-likeness (QED) is 0.593. The molecule has 9 nitrogen and oxygen atoms in total. The summed E-state index contributed by atoms with van der Waals surface area (Å²) in [7, 11) is 1.57. The third-order valence-electron chi connectivity index (χ3n) is 6.06. The molecule has 3 aliphatic rings. The van der Waals surface area contributed by atoms with Crippen LogP contribution in [0.25, 0.3) is 0 Å². The molecule has 2 N–H and O–H groups in total. The highest BCUT2D eigenvalue weighted by molar-refractivity contribution is 5.98. The van der Waals surface area contributed by atoms with Crippen molar-refractivity contribution >= 4 is 17.7 Å². The molecular formula is C22H29N3O6. The van der Waals surface area contributed by atoms with E-state index in [9.17, 15) is 14.4 Å². The van der Waals surface area contributed by atoms with Gasteiger partial charge in [0.05, 0.1) is 6.61 Å². The molecule has 2 heterocycles. The van der Waals surface area contributed by atoms with E-state index in [2.05, 4.69) is 10.6 Å². The Morgan fingerprint density at radius 3 is 2.58 bits per heavy atom. The second-order valence-corrected chi connectivity index (χ2v) is 8.24. The van der Waals surface area contributed by atoms with Crippen LogP contribution in [0.5, 0.6) is 11.5 Å². The average molecular weight is 431 g/mol. The van der Waals surface area contributed by atoms with Gasteiger partial charge >= 0.3 is 0 Å². The van der Waals surface area contributed by atoms with Crippen LogP contribution in [0.15, 0.2) is 18.2 Å². The summed E-state index contributed by atoms with van der Waals surface area (Å²) < 4.78 is 15.6. The summed E-state index contributed by atoms with van der Waals surface area (Å²) >= 11 is 0. The van der Waals surface area contributed by atoms with E-state index in [1.165, 1.54) is 0 Å². The van der Waals surface area contributed by atoms with Crippen molar-refractivity contribution in [2.75, 3.05) is 40.1 Å². The van der Waals surface area contributed by atoms with Crippen LogP contribution < -0.4 is 20.1 Å². The Morgan fingerprint density at radius 2 is 1.87 bits per heavy atom. The molecule has 4 rings (SSSR count). The van der Waals surface area contributed by atoms with Crippen LogP contribution >= 0.6 is 0 Å². The van der Waals surface area contributed by atoms with Gasteiger partial charge in [0.1, 0.15) is 6.04 Å². The van der Waals surface area contributed by atoms with Gasteiger partial charge in [0.2, 0.25) is 18.6 Å². The van der Waals surface area contributed by atoms with E-state index in [0.717, 1.165) is 12.8 Å². The third kappa shape index (κ3) is 5.10. The first-order valence-electron chi connectivity index (χ1n) is 10.8. The number of methoxy groups -OCH3 is 1. The summed E-state index contributed by atoms with van der Waals surface area (Å²) in [5, 5.41) is 5.75. The maximum absolute atomic E-state index is 12.9. The van der Waals surface area contributed by atoms with Gasteiger partial charge < -0.3 is 29.7 Å². The maximum atomic E-state index is 12.9. The predicted molar refractivity (Wildman–Crippen MR) is 111 cm³/mol. The molecule has 1 saturated heterocycles. The van der Waals surface area contributed by atoms with E-state index in [1.54, 1.807) is 25.3 Å². The molecule has 1 aliphatic carbocycles. The van der Waals surface area contributed by atoms with Crippen molar-refractivity contribution in [2.24, 2.45) is 11.8 Å². The number of piperidine rings is 1. The topological polar surface area (TPSA) is 106 Å². The number of ether oxygens (including phenoxy) is 3. The molecule has 1 saturated carbocycles. The molecule has 168 valence electrons. The van der Waals surface area contributed by atoms with Gasteiger partial charge in [-0.25, -0.2) is 0 Å². The number of benzene rings is 1. The van der Waals surface area contributed by atoms with Gasteiger partial charge in [-0.3, -0.25) is 14.4 Å². The van der Waals surface area contributed by atoms with E-state index in [4.69, 9.17) is 14.2 Å². The zero-order chi connectivity index (χ0) is 21.8. The number of fused-ring (bicyclic) bond motifs is 1. The van der Waals surface area contributed by atoms with Crippen molar-refractivity contribution < 1.29 is 28.6 Å². The summed E-state index contributed by atoms with van der Waals surface area (Å²) in [6.45, 7) is 2.11. The lowest BCUT2D eigenvalue weighted by Crippen LogP contribution is -2.54. The number of nitrogens with one attached hydrogen (secondary N) is 2. The second-order valence-electron chi connectivity index (χ2n) is 8.24. The smallest absolute Gasteiger partial charge is 0.252 e. The molecule has 1 atom stereocenters. The van der Waals surface area contributed by atoms with Crippen molar-refractivity contribution in [3.8, 4) is 11.5 Å². The number of nitrogens with zero attached hydrogens (tertiary/aromatic N) is 1. The lowest BCUT2D eigenvalue weighted by atomic mass is 9.88. The third-order valence-corrected chi connectivity index (χ3v) is 6.06. The summed E-state index contributed by atoms with van der Waals surface area (Å²) in [5.41, 5.74) is 0.403. The zero-order valence-electron chi connectivity index (χ0n) is 17.7. The van der Waals surface area contributed by atoms with Crippen LogP contribution in [-0.4, -0.2) is 68.8 Å². The van der Waals surface area contributed by atoms with Gasteiger partial charge in [-0.1, -0.05) is 0 Å². The highest BCUT2D eigenvalue weighted by Gasteiger charge is 2.38. The van der Waals surface area contributed by atoms with E-state index >= 15 is 0 Å². The van der Waals surface area contributed by atoms with Crippen molar-refractivity contribution in [3.05, 3.63) is 23.8 Å². The van der Waals surface area contributed by atoms with Crippen LogP contribution in [-0.2, 0) is 14.3 Å². The van der Waals surface area contributed by atoms with E-state index < -0.39 is 6.04 Å². The highest BCUT2D eigenvalue weighted by atomic mass is 16.7. The predicted octanol–water partition coefficient (Wildman–Crippen LogP) is 0.925. The standard InChI is InChI=1S/C22H29N3O6/c1-29-11-8-23-21(27)19(14-6-9-25(10-7-14)22(28)15-2-3-15)24-20(26)16-4-5-17-18(12-16)31-13-30-17/h4-5,12,14-15,19H,2-3,6-11,13H2,1H3,(H,23,27)(H,24,26)/t19-/m0/s1. The molecule has 2 aliphatic heterocycles. The van der Waals surface area contributed by atoms with Crippen molar-refractivity contribution in [3.63, 3.8) is 0 Å². The Labute approximate surface area is 181 Å². The number of amides is 3. The molecule has 0 spiro atoms. The SMILES string of the molecule is COCCNC(=O)[C@@H](NC(=O)c1ccc2c(c1)OCO2)C1CCN(C(=O)C2CC2)CC1. The molecule has 2 fully saturated rings. The molecule has 3 amide bonds. The lowest BCUT2D eigenvalue weighted by molar-refractivity contribution is -0.134. The van der Waals surface area contributed by atoms with E-state index in [1.807, 2.05) is 4.90 Å². The first-order chi connectivity index (χ1) is 15.1. The number of hydrogen-bond acceptors (Lipinski definition) is 6. The first kappa shape index (κ1) is 21.4. The fourth-order valence-electron chi connectivity index (χ4n) is 4.09. The summed E-state index contributed by atoms with van der Waals surface area (Å²) in [5.74, 6) is 0.890. The van der Waals surface area contributed by atoms with Gasteiger partial charge in [0.25, 0.3) is 5.91 Å². The Morgan fingerprint density at radius 1 is 1.13 bits per heavy atom. The minimum atomic E-state index is -0.687. The van der Waals surface area contributed by atoms with Crippen molar-refractivity contribution in [1.82, 2.24) is 15.5 Å². The van der Waals surface area contributed by atoms with Gasteiger partial charge in [-0.15, -0.1) is 0 Å². The van der Waals surface area contributed by atoms with Crippen LogP contribution in [0.2, 0.25) is 0 Å². The second kappa shape index (κ2) is 9.55. The Balaban J connectivity index is 1.42.